The molecule has 0 fully saturated rings. The molecule has 4 aromatic rings. The Morgan fingerprint density at radius 1 is 1.19 bits per heavy atom. The van der Waals surface area contributed by atoms with Gasteiger partial charge in [-0.1, -0.05) is 35.1 Å². The third-order valence-electron chi connectivity index (χ3n) is 4.05. The Morgan fingerprint density at radius 3 is 3.00 bits per heavy atom. The topological polar surface area (TPSA) is 73.6 Å². The van der Waals surface area contributed by atoms with Crippen LogP contribution in [0.15, 0.2) is 36.4 Å². The Kier molecular flexibility index (Phi) is 3.83. The fraction of sp³-hybridized carbons (Fsp3) is 0.118. The zero-order chi connectivity index (χ0) is 18.4. The second-order valence-corrected chi connectivity index (χ2v) is 7.17. The van der Waals surface area contributed by atoms with Crippen molar-refractivity contribution in [2.45, 2.75) is 6.42 Å². The Hall–Kier alpha value is -2.91. The maximum atomic E-state index is 14.1. The third-order valence-corrected chi connectivity index (χ3v) is 5.15. The highest BCUT2D eigenvalue weighted by Crippen LogP contribution is 2.33. The van der Waals surface area contributed by atoms with E-state index in [2.05, 4.69) is 20.6 Å². The molecule has 0 amide bonds. The van der Waals surface area contributed by atoms with E-state index >= 15 is 0 Å². The number of fused-ring (bicyclic) bond motifs is 2. The molecule has 5 rings (SSSR count). The van der Waals surface area contributed by atoms with Gasteiger partial charge in [-0.15, -0.1) is 15.3 Å². The summed E-state index contributed by atoms with van der Waals surface area (Å²) in [7, 11) is 0. The van der Waals surface area contributed by atoms with E-state index in [0.29, 0.717) is 28.1 Å². The lowest BCUT2D eigenvalue weighted by Crippen LogP contribution is -1.99. The first-order valence-corrected chi connectivity index (χ1v) is 9.17. The molecule has 0 radical (unpaired) electrons. The second-order valence-electron chi connectivity index (χ2n) is 5.81. The van der Waals surface area contributed by atoms with Gasteiger partial charge in [0.1, 0.15) is 0 Å². The number of halogens is 2. The van der Waals surface area contributed by atoms with Crippen LogP contribution in [0.2, 0.25) is 5.02 Å². The highest BCUT2D eigenvalue weighted by molar-refractivity contribution is 7.20. The molecular weight excluding hydrogens is 393 g/mol. The fourth-order valence-electron chi connectivity index (χ4n) is 2.77. The number of hydrogen-bond donors (Lipinski definition) is 1. The van der Waals surface area contributed by atoms with Crippen molar-refractivity contribution in [3.8, 4) is 11.5 Å². The van der Waals surface area contributed by atoms with Crippen LogP contribution in [0.4, 0.5) is 15.2 Å². The number of nitrogens with one attached hydrogen (secondary N) is 1. The van der Waals surface area contributed by atoms with Crippen LogP contribution in [0.1, 0.15) is 11.4 Å². The molecule has 2 aromatic heterocycles. The van der Waals surface area contributed by atoms with E-state index in [4.69, 9.17) is 21.1 Å². The highest BCUT2D eigenvalue weighted by atomic mass is 35.5. The van der Waals surface area contributed by atoms with Gasteiger partial charge >= 0.3 is 0 Å². The van der Waals surface area contributed by atoms with Crippen LogP contribution in [0.25, 0.3) is 4.96 Å². The van der Waals surface area contributed by atoms with Crippen molar-refractivity contribution in [1.29, 1.82) is 0 Å². The molecular formula is C17H11ClFN5O2S. The predicted octanol–water partition coefficient (Wildman–Crippen LogP) is 4.04. The lowest BCUT2D eigenvalue weighted by Gasteiger charge is -2.04. The zero-order valence-electron chi connectivity index (χ0n) is 13.6. The van der Waals surface area contributed by atoms with Gasteiger partial charge in [-0.3, -0.25) is 0 Å². The van der Waals surface area contributed by atoms with E-state index in [1.165, 1.54) is 17.4 Å². The number of ether oxygens (including phenoxy) is 2. The van der Waals surface area contributed by atoms with Crippen molar-refractivity contribution in [1.82, 2.24) is 19.8 Å². The summed E-state index contributed by atoms with van der Waals surface area (Å²) in [6.07, 6.45) is 0.520. The molecule has 0 bridgehead atoms. The molecule has 0 spiro atoms. The van der Waals surface area contributed by atoms with Gasteiger partial charge < -0.3 is 14.8 Å². The molecule has 27 heavy (non-hydrogen) atoms. The van der Waals surface area contributed by atoms with Crippen LogP contribution >= 0.6 is 22.9 Å². The lowest BCUT2D eigenvalue weighted by atomic mass is 10.1. The smallest absolute Gasteiger partial charge is 0.236 e. The van der Waals surface area contributed by atoms with Gasteiger partial charge in [0.2, 0.25) is 16.9 Å². The summed E-state index contributed by atoms with van der Waals surface area (Å²) in [5.41, 5.74) is 1.25. The molecule has 1 N–H and O–H groups in total. The molecule has 0 saturated carbocycles. The quantitative estimate of drug-likeness (QED) is 0.554. The second kappa shape index (κ2) is 6.36. The van der Waals surface area contributed by atoms with Crippen molar-refractivity contribution in [2.75, 3.05) is 12.1 Å². The van der Waals surface area contributed by atoms with Gasteiger partial charge in [-0.25, -0.2) is 4.39 Å². The normalized spacial score (nSPS) is 12.7. The largest absolute Gasteiger partial charge is 0.454 e. The van der Waals surface area contributed by atoms with Gasteiger partial charge in [-0.05, 0) is 29.8 Å². The van der Waals surface area contributed by atoms with Crippen molar-refractivity contribution in [3.63, 3.8) is 0 Å². The first-order chi connectivity index (χ1) is 13.2. The maximum absolute atomic E-state index is 14.1. The minimum atomic E-state index is -0.522. The van der Waals surface area contributed by atoms with Crippen LogP contribution in [0.5, 0.6) is 11.5 Å². The van der Waals surface area contributed by atoms with E-state index in [-0.39, 0.29) is 17.5 Å². The van der Waals surface area contributed by atoms with E-state index in [0.717, 1.165) is 11.3 Å². The van der Waals surface area contributed by atoms with Gasteiger partial charge in [0.25, 0.3) is 0 Å². The summed E-state index contributed by atoms with van der Waals surface area (Å²) in [5.74, 6) is 1.59. The first kappa shape index (κ1) is 16.3. The number of aromatic nitrogens is 4. The van der Waals surface area contributed by atoms with E-state index < -0.39 is 5.82 Å². The average Bonchev–Trinajstić information content (AvgIpc) is 3.36. The summed E-state index contributed by atoms with van der Waals surface area (Å²) in [6, 6.07) is 10.5. The molecule has 3 heterocycles. The van der Waals surface area contributed by atoms with Crippen LogP contribution in [0.3, 0.4) is 0 Å². The molecule has 0 unspecified atom stereocenters. The molecule has 10 heteroatoms. The number of nitrogens with zero attached hydrogens (tertiary/aromatic N) is 4. The Balaban J connectivity index is 1.42. The summed E-state index contributed by atoms with van der Waals surface area (Å²) in [4.78, 5) is 0.607. The highest BCUT2D eigenvalue weighted by Gasteiger charge is 2.17. The van der Waals surface area contributed by atoms with Crippen molar-refractivity contribution < 1.29 is 13.9 Å². The van der Waals surface area contributed by atoms with Gasteiger partial charge in [0.15, 0.2) is 23.1 Å². The van der Waals surface area contributed by atoms with Gasteiger partial charge in [-0.2, -0.15) is 4.52 Å². The summed E-state index contributed by atoms with van der Waals surface area (Å²) >= 11 is 7.09. The molecule has 0 aliphatic carbocycles. The SMILES string of the molecule is Fc1c(Cl)cccc1Nc1nn2c(Cc3ccc4c(c3)OCO4)nnc2s1. The van der Waals surface area contributed by atoms with Crippen LogP contribution in [-0.2, 0) is 6.42 Å². The van der Waals surface area contributed by atoms with Crippen molar-refractivity contribution in [2.24, 2.45) is 0 Å². The van der Waals surface area contributed by atoms with Crippen LogP contribution in [-0.4, -0.2) is 26.6 Å². The third kappa shape index (κ3) is 2.94. The first-order valence-electron chi connectivity index (χ1n) is 7.98. The number of hydrogen-bond acceptors (Lipinski definition) is 7. The average molecular weight is 404 g/mol. The fourth-order valence-corrected chi connectivity index (χ4v) is 3.71. The van der Waals surface area contributed by atoms with Crippen LogP contribution < -0.4 is 14.8 Å². The number of benzene rings is 2. The standard InChI is InChI=1S/C17H11ClFN5O2S/c18-10-2-1-3-11(15(10)19)20-16-23-24-14(21-22-17(24)27-16)7-9-4-5-12-13(6-9)26-8-25-12/h1-6H,7-8H2,(H,20,23). The minimum absolute atomic E-state index is 0.0477. The van der Waals surface area contributed by atoms with Crippen LogP contribution in [0, 0.1) is 5.82 Å². The van der Waals surface area contributed by atoms with Gasteiger partial charge in [0, 0.05) is 6.42 Å². The molecule has 0 atom stereocenters. The van der Waals surface area contributed by atoms with Crippen molar-refractivity contribution in [3.05, 3.63) is 58.6 Å². The zero-order valence-corrected chi connectivity index (χ0v) is 15.2. The molecule has 136 valence electrons. The van der Waals surface area contributed by atoms with Crippen molar-refractivity contribution >= 4 is 38.7 Å². The van der Waals surface area contributed by atoms with E-state index in [1.807, 2.05) is 18.2 Å². The van der Waals surface area contributed by atoms with E-state index in [9.17, 15) is 4.39 Å². The molecule has 0 saturated heterocycles. The Morgan fingerprint density at radius 2 is 2.07 bits per heavy atom. The Labute approximate surface area is 161 Å². The summed E-state index contributed by atoms with van der Waals surface area (Å²) in [5, 5.41) is 16.3. The molecule has 1 aliphatic heterocycles. The molecule has 2 aromatic carbocycles. The minimum Gasteiger partial charge on any atom is -0.454 e. The maximum Gasteiger partial charge on any atom is 0.236 e. The summed E-state index contributed by atoms with van der Waals surface area (Å²) in [6.45, 7) is 0.231. The molecule has 1 aliphatic rings. The number of anilines is 2. The van der Waals surface area contributed by atoms with E-state index in [1.54, 1.807) is 16.6 Å². The van der Waals surface area contributed by atoms with Gasteiger partial charge in [0.05, 0.1) is 10.7 Å². The lowest BCUT2D eigenvalue weighted by molar-refractivity contribution is 0.174. The molecule has 7 nitrogen and oxygen atoms in total. The Bertz CT molecular complexity index is 1160. The summed E-state index contributed by atoms with van der Waals surface area (Å²) < 4.78 is 26.4. The monoisotopic (exact) mass is 403 g/mol. The number of rotatable bonds is 4. The predicted molar refractivity (Wildman–Crippen MR) is 98.7 cm³/mol.